The summed E-state index contributed by atoms with van der Waals surface area (Å²) in [5.74, 6) is 1.51. The summed E-state index contributed by atoms with van der Waals surface area (Å²) in [6.07, 6.45) is 1.93. The third-order valence-electron chi connectivity index (χ3n) is 4.60. The number of likely N-dealkylation sites (tertiary alicyclic amines) is 1. The van der Waals surface area contributed by atoms with E-state index < -0.39 is 0 Å². The molecule has 1 aromatic rings. The average molecular weight is 243 g/mol. The monoisotopic (exact) mass is 243 g/mol. The van der Waals surface area contributed by atoms with E-state index in [-0.39, 0.29) is 0 Å². The molecule has 0 amide bonds. The first-order valence-corrected chi connectivity index (χ1v) is 6.89. The predicted molar refractivity (Wildman–Crippen MR) is 73.2 cm³/mol. The van der Waals surface area contributed by atoms with Crippen LogP contribution in [-0.2, 0) is 0 Å². The lowest BCUT2D eigenvalue weighted by Crippen LogP contribution is -2.40. The van der Waals surface area contributed by atoms with Gasteiger partial charge in [0.25, 0.3) is 0 Å². The largest absolute Gasteiger partial charge is 0.306 e. The lowest BCUT2D eigenvalue weighted by Gasteiger charge is -2.41. The minimum absolute atomic E-state index is 0.369. The van der Waals surface area contributed by atoms with Crippen LogP contribution in [0.2, 0.25) is 0 Å². The van der Waals surface area contributed by atoms with Crippen LogP contribution < -0.4 is 0 Å². The van der Waals surface area contributed by atoms with E-state index >= 15 is 0 Å². The molecule has 3 rings (SSSR count). The maximum atomic E-state index is 12.3. The highest BCUT2D eigenvalue weighted by molar-refractivity contribution is 6.00. The van der Waals surface area contributed by atoms with E-state index in [0.29, 0.717) is 17.6 Å². The van der Waals surface area contributed by atoms with Crippen LogP contribution in [0.5, 0.6) is 0 Å². The molecule has 96 valence electrons. The highest BCUT2D eigenvalue weighted by Gasteiger charge is 2.37. The normalized spacial score (nSPS) is 27.8. The molecule has 0 bridgehead atoms. The van der Waals surface area contributed by atoms with Crippen molar-refractivity contribution in [1.29, 1.82) is 0 Å². The van der Waals surface area contributed by atoms with Crippen LogP contribution in [0.25, 0.3) is 0 Å². The smallest absolute Gasteiger partial charge is 0.163 e. The fourth-order valence-corrected chi connectivity index (χ4v) is 3.77. The summed E-state index contributed by atoms with van der Waals surface area (Å²) in [6, 6.07) is 4.39. The van der Waals surface area contributed by atoms with E-state index in [1.54, 1.807) is 0 Å². The number of fused-ring (bicyclic) bond motifs is 3. The molecular weight excluding hydrogens is 222 g/mol. The van der Waals surface area contributed by atoms with Crippen molar-refractivity contribution in [3.8, 4) is 0 Å². The van der Waals surface area contributed by atoms with Crippen molar-refractivity contribution in [2.45, 2.75) is 32.6 Å². The van der Waals surface area contributed by atoms with Gasteiger partial charge in [0, 0.05) is 24.4 Å². The zero-order valence-electron chi connectivity index (χ0n) is 11.5. The highest BCUT2D eigenvalue weighted by atomic mass is 16.1. The maximum absolute atomic E-state index is 12.3. The average Bonchev–Trinajstić information content (AvgIpc) is 2.29. The van der Waals surface area contributed by atoms with Crippen molar-refractivity contribution < 1.29 is 4.79 Å². The Kier molecular flexibility index (Phi) is 2.78. The molecule has 0 saturated carbocycles. The first-order chi connectivity index (χ1) is 8.56. The Morgan fingerprint density at radius 2 is 2.06 bits per heavy atom. The molecule has 1 saturated heterocycles. The second-order valence-corrected chi connectivity index (χ2v) is 6.09. The van der Waals surface area contributed by atoms with Crippen molar-refractivity contribution >= 4 is 5.78 Å². The Morgan fingerprint density at radius 1 is 1.28 bits per heavy atom. The molecule has 1 aliphatic heterocycles. The number of carbonyl (C=O) groups excluding carboxylic acids is 1. The lowest BCUT2D eigenvalue weighted by atomic mass is 9.70. The summed E-state index contributed by atoms with van der Waals surface area (Å²) in [7, 11) is 2.19. The summed E-state index contributed by atoms with van der Waals surface area (Å²) in [4.78, 5) is 14.7. The third-order valence-corrected chi connectivity index (χ3v) is 4.60. The molecule has 2 aliphatic rings. The molecule has 1 heterocycles. The number of carbonyl (C=O) groups is 1. The molecular formula is C16H21NO. The third kappa shape index (κ3) is 1.79. The number of piperidine rings is 1. The number of likely N-dealkylation sites (N-methyl/N-ethyl adjacent to an activating group) is 1. The predicted octanol–water partition coefficient (Wildman–Crippen LogP) is 2.93. The summed E-state index contributed by atoms with van der Waals surface area (Å²) >= 11 is 0. The minimum atomic E-state index is 0.369. The topological polar surface area (TPSA) is 20.3 Å². The van der Waals surface area contributed by atoms with Gasteiger partial charge in [0.15, 0.2) is 5.78 Å². The highest BCUT2D eigenvalue weighted by Crippen LogP contribution is 2.42. The van der Waals surface area contributed by atoms with Crippen LogP contribution in [0.15, 0.2) is 12.1 Å². The minimum Gasteiger partial charge on any atom is -0.306 e. The molecule has 0 unspecified atom stereocenters. The van der Waals surface area contributed by atoms with Gasteiger partial charge >= 0.3 is 0 Å². The van der Waals surface area contributed by atoms with Gasteiger partial charge in [-0.05, 0) is 50.9 Å². The van der Waals surface area contributed by atoms with Gasteiger partial charge in [-0.2, -0.15) is 0 Å². The zero-order chi connectivity index (χ0) is 12.9. The molecule has 1 fully saturated rings. The van der Waals surface area contributed by atoms with E-state index in [1.165, 1.54) is 23.1 Å². The number of rotatable bonds is 0. The van der Waals surface area contributed by atoms with Crippen molar-refractivity contribution in [3.05, 3.63) is 34.4 Å². The molecule has 2 nitrogen and oxygen atoms in total. The Bertz CT molecular complexity index is 506. The number of ketones is 1. The first kappa shape index (κ1) is 11.9. The Morgan fingerprint density at radius 3 is 2.83 bits per heavy atom. The Hall–Kier alpha value is -1.15. The number of hydrogen-bond acceptors (Lipinski definition) is 2. The molecule has 18 heavy (non-hydrogen) atoms. The van der Waals surface area contributed by atoms with Crippen molar-refractivity contribution in [3.63, 3.8) is 0 Å². The van der Waals surface area contributed by atoms with E-state index in [4.69, 9.17) is 0 Å². The fourth-order valence-electron chi connectivity index (χ4n) is 3.77. The van der Waals surface area contributed by atoms with E-state index in [2.05, 4.69) is 37.9 Å². The number of hydrogen-bond donors (Lipinski definition) is 0. The second kappa shape index (κ2) is 4.20. The van der Waals surface area contributed by atoms with Gasteiger partial charge in [-0.15, -0.1) is 0 Å². The molecule has 0 spiro atoms. The standard InChI is InChI=1S/C16H21NO/c1-10-6-11(2)16-13(7-10)14-9-17(3)5-4-12(14)8-15(16)18/h6-7,12,14H,4-5,8-9H2,1-3H3/t12-,14+/m0/s1. The maximum Gasteiger partial charge on any atom is 0.163 e. The molecule has 2 atom stereocenters. The summed E-state index contributed by atoms with van der Waals surface area (Å²) in [6.45, 7) is 6.45. The number of benzene rings is 1. The van der Waals surface area contributed by atoms with Crippen molar-refractivity contribution in [2.75, 3.05) is 20.1 Å². The van der Waals surface area contributed by atoms with Crippen LogP contribution in [0.4, 0.5) is 0 Å². The molecule has 0 aromatic heterocycles. The van der Waals surface area contributed by atoms with Crippen molar-refractivity contribution in [2.24, 2.45) is 5.92 Å². The van der Waals surface area contributed by atoms with Gasteiger partial charge < -0.3 is 4.90 Å². The second-order valence-electron chi connectivity index (χ2n) is 6.09. The summed E-state index contributed by atoms with van der Waals surface area (Å²) < 4.78 is 0. The van der Waals surface area contributed by atoms with Crippen LogP contribution in [0.1, 0.15) is 45.8 Å². The number of Topliss-reactive ketones (excluding diaryl/α,β-unsaturated/α-hetero) is 1. The van der Waals surface area contributed by atoms with E-state index in [1.807, 2.05) is 0 Å². The summed E-state index contributed by atoms with van der Waals surface area (Å²) in [5, 5.41) is 0. The van der Waals surface area contributed by atoms with Gasteiger partial charge in [-0.3, -0.25) is 4.79 Å². The van der Waals surface area contributed by atoms with Crippen LogP contribution in [0, 0.1) is 19.8 Å². The number of aryl methyl sites for hydroxylation is 2. The van der Waals surface area contributed by atoms with E-state index in [9.17, 15) is 4.79 Å². The fraction of sp³-hybridized carbons (Fsp3) is 0.562. The lowest BCUT2D eigenvalue weighted by molar-refractivity contribution is 0.0886. The molecule has 1 aliphatic carbocycles. The molecule has 1 aromatic carbocycles. The molecule has 0 radical (unpaired) electrons. The van der Waals surface area contributed by atoms with Crippen LogP contribution in [-0.4, -0.2) is 30.8 Å². The van der Waals surface area contributed by atoms with Gasteiger partial charge in [0.1, 0.15) is 0 Å². The van der Waals surface area contributed by atoms with Gasteiger partial charge in [-0.1, -0.05) is 17.7 Å². The quantitative estimate of drug-likeness (QED) is 0.698. The first-order valence-electron chi connectivity index (χ1n) is 6.89. The Labute approximate surface area is 109 Å². The van der Waals surface area contributed by atoms with E-state index in [0.717, 1.165) is 25.1 Å². The van der Waals surface area contributed by atoms with Crippen LogP contribution in [0.3, 0.4) is 0 Å². The van der Waals surface area contributed by atoms with Crippen LogP contribution >= 0.6 is 0 Å². The van der Waals surface area contributed by atoms with Gasteiger partial charge in [0.2, 0.25) is 0 Å². The molecule has 0 N–H and O–H groups in total. The Balaban J connectivity index is 2.12. The van der Waals surface area contributed by atoms with Crippen molar-refractivity contribution in [1.82, 2.24) is 4.90 Å². The molecule has 2 heteroatoms. The zero-order valence-corrected chi connectivity index (χ0v) is 11.5. The summed E-state index contributed by atoms with van der Waals surface area (Å²) in [5.41, 5.74) is 4.80. The van der Waals surface area contributed by atoms with Gasteiger partial charge in [0.05, 0.1) is 0 Å². The number of nitrogens with zero attached hydrogens (tertiary/aromatic N) is 1. The SMILES string of the molecule is Cc1cc(C)c2c(c1)[C@@H]1CN(C)CC[C@H]1CC2=O. The van der Waals surface area contributed by atoms with Gasteiger partial charge in [-0.25, -0.2) is 0 Å².